The van der Waals surface area contributed by atoms with Crippen molar-refractivity contribution in [2.24, 2.45) is 5.73 Å². The van der Waals surface area contributed by atoms with Crippen molar-refractivity contribution >= 4 is 0 Å². The van der Waals surface area contributed by atoms with Gasteiger partial charge < -0.3 is 44.0 Å². The van der Waals surface area contributed by atoms with E-state index in [2.05, 4.69) is 4.90 Å². The number of hydrogen-bond acceptors (Lipinski definition) is 10. The van der Waals surface area contributed by atoms with E-state index in [-0.39, 0.29) is 18.8 Å². The van der Waals surface area contributed by atoms with E-state index in [1.807, 2.05) is 48.5 Å². The molecule has 3 unspecified atom stereocenters. The first-order valence-electron chi connectivity index (χ1n) is 14.7. The van der Waals surface area contributed by atoms with E-state index in [9.17, 15) is 5.11 Å². The Hall–Kier alpha value is -1.96. The highest BCUT2D eigenvalue weighted by atomic mass is 16.7. The third-order valence-electron chi connectivity index (χ3n) is 7.16. The molecule has 2 aliphatic rings. The summed E-state index contributed by atoms with van der Waals surface area (Å²) in [5.41, 5.74) is 9.77. The predicted octanol–water partition coefficient (Wildman–Crippen LogP) is 2.58. The van der Waals surface area contributed by atoms with Gasteiger partial charge in [0, 0.05) is 38.2 Å². The lowest BCUT2D eigenvalue weighted by Crippen LogP contribution is -2.42. The minimum absolute atomic E-state index is 0.0133. The van der Waals surface area contributed by atoms with Crippen molar-refractivity contribution in [3.8, 4) is 0 Å². The van der Waals surface area contributed by atoms with Crippen molar-refractivity contribution in [2.45, 2.75) is 38.1 Å². The molecule has 3 N–H and O–H groups in total. The monoisotopic (exact) mass is 574 g/mol. The van der Waals surface area contributed by atoms with Gasteiger partial charge in [-0.05, 0) is 16.7 Å². The van der Waals surface area contributed by atoms with Gasteiger partial charge in [-0.25, -0.2) is 0 Å². The van der Waals surface area contributed by atoms with E-state index < -0.39 is 6.29 Å². The molecule has 0 bridgehead atoms. The third-order valence-corrected chi connectivity index (χ3v) is 7.16. The van der Waals surface area contributed by atoms with E-state index >= 15 is 0 Å². The zero-order valence-electron chi connectivity index (χ0n) is 24.0. The summed E-state index contributed by atoms with van der Waals surface area (Å²) in [6, 6.07) is 16.0. The van der Waals surface area contributed by atoms with Crippen molar-refractivity contribution in [3.63, 3.8) is 0 Å². The Morgan fingerprint density at radius 1 is 0.634 bits per heavy atom. The van der Waals surface area contributed by atoms with Crippen molar-refractivity contribution < 1.29 is 38.3 Å². The first-order chi connectivity index (χ1) is 20.2. The van der Waals surface area contributed by atoms with Crippen LogP contribution < -0.4 is 5.73 Å². The fraction of sp³-hybridized carbons (Fsp3) is 0.613. The van der Waals surface area contributed by atoms with Gasteiger partial charge in [0.2, 0.25) is 0 Å². The molecular weight excluding hydrogens is 528 g/mol. The molecule has 2 aromatic rings. The van der Waals surface area contributed by atoms with Gasteiger partial charge in [-0.3, -0.25) is 4.90 Å². The normalized spacial score (nSPS) is 25.3. The number of hydrogen-bond donors (Lipinski definition) is 2. The SMILES string of the molecule is NCc1ccc(C2OC(CN3CCOCCOCCOCCOCCOCC3)CC(c3ccc(CO)cc3)O2)cc1. The molecule has 2 heterocycles. The summed E-state index contributed by atoms with van der Waals surface area (Å²) in [6.45, 7) is 8.19. The largest absolute Gasteiger partial charge is 0.392 e. The lowest BCUT2D eigenvalue weighted by atomic mass is 9.99. The second-order valence-electron chi connectivity index (χ2n) is 10.2. The summed E-state index contributed by atoms with van der Waals surface area (Å²) in [6.07, 6.45) is -0.0196. The molecule has 4 rings (SSSR count). The van der Waals surface area contributed by atoms with Gasteiger partial charge in [0.25, 0.3) is 0 Å². The summed E-state index contributed by atoms with van der Waals surface area (Å²) in [5.74, 6) is 0. The Labute approximate surface area is 243 Å². The lowest BCUT2D eigenvalue weighted by Gasteiger charge is -2.38. The fourth-order valence-corrected chi connectivity index (χ4v) is 4.80. The van der Waals surface area contributed by atoms with E-state index in [1.54, 1.807) is 0 Å². The van der Waals surface area contributed by atoms with Gasteiger partial charge in [-0.2, -0.15) is 0 Å². The zero-order chi connectivity index (χ0) is 28.5. The van der Waals surface area contributed by atoms with Gasteiger partial charge in [0.15, 0.2) is 6.29 Å². The highest BCUT2D eigenvalue weighted by Crippen LogP contribution is 2.38. The maximum atomic E-state index is 9.48. The Kier molecular flexibility index (Phi) is 14.5. The minimum Gasteiger partial charge on any atom is -0.392 e. The zero-order valence-corrected chi connectivity index (χ0v) is 24.0. The van der Waals surface area contributed by atoms with Crippen LogP contribution in [0.2, 0.25) is 0 Å². The molecule has 0 amide bonds. The molecule has 0 radical (unpaired) electrons. The van der Waals surface area contributed by atoms with Gasteiger partial charge in [-0.1, -0.05) is 48.5 Å². The summed E-state index contributed by atoms with van der Waals surface area (Å²) in [7, 11) is 0. The van der Waals surface area contributed by atoms with Crippen molar-refractivity contribution in [1.82, 2.24) is 4.90 Å². The van der Waals surface area contributed by atoms with E-state index in [1.165, 1.54) is 0 Å². The van der Waals surface area contributed by atoms with Crippen LogP contribution in [0, 0.1) is 0 Å². The molecule has 10 heteroatoms. The quantitative estimate of drug-likeness (QED) is 0.534. The number of aliphatic hydroxyl groups is 1. The number of ether oxygens (including phenoxy) is 7. The maximum Gasteiger partial charge on any atom is 0.184 e. The molecule has 41 heavy (non-hydrogen) atoms. The van der Waals surface area contributed by atoms with Gasteiger partial charge >= 0.3 is 0 Å². The molecule has 2 aromatic carbocycles. The standard InChI is InChI=1S/C31H46N2O8/c32-22-25-1-7-28(8-2-25)31-40-29(21-30(41-31)27-5-3-26(24-34)4-6-27)23-33-9-11-35-13-15-37-17-19-39-20-18-38-16-14-36-12-10-33/h1-8,29-31,34H,9-24,32H2. The van der Waals surface area contributed by atoms with Crippen molar-refractivity contribution in [2.75, 3.05) is 85.7 Å². The van der Waals surface area contributed by atoms with Crippen LogP contribution in [0.5, 0.6) is 0 Å². The van der Waals surface area contributed by atoms with Gasteiger partial charge in [0.05, 0.1) is 84.9 Å². The second-order valence-corrected chi connectivity index (χ2v) is 10.2. The summed E-state index contributed by atoms with van der Waals surface area (Å²) >= 11 is 0. The Balaban J connectivity index is 1.41. The average molecular weight is 575 g/mol. The predicted molar refractivity (Wildman–Crippen MR) is 153 cm³/mol. The lowest BCUT2D eigenvalue weighted by molar-refractivity contribution is -0.253. The summed E-state index contributed by atoms with van der Waals surface area (Å²) in [4.78, 5) is 2.33. The van der Waals surface area contributed by atoms with Crippen LogP contribution in [0.3, 0.4) is 0 Å². The molecule has 10 nitrogen and oxygen atoms in total. The first kappa shape index (κ1) is 32.0. The number of nitrogens with zero attached hydrogens (tertiary/aromatic N) is 1. The number of rotatable bonds is 6. The van der Waals surface area contributed by atoms with Crippen LogP contribution in [0.25, 0.3) is 0 Å². The smallest absolute Gasteiger partial charge is 0.184 e. The van der Waals surface area contributed by atoms with E-state index in [4.69, 9.17) is 38.9 Å². The van der Waals surface area contributed by atoms with Crippen LogP contribution in [0.1, 0.15) is 41.1 Å². The summed E-state index contributed by atoms with van der Waals surface area (Å²) in [5, 5.41) is 9.48. The van der Waals surface area contributed by atoms with Gasteiger partial charge in [-0.15, -0.1) is 0 Å². The van der Waals surface area contributed by atoms with Crippen LogP contribution in [-0.2, 0) is 46.3 Å². The summed E-state index contributed by atoms with van der Waals surface area (Å²) < 4.78 is 41.4. The third kappa shape index (κ3) is 11.3. The van der Waals surface area contributed by atoms with Crippen LogP contribution >= 0.6 is 0 Å². The first-order valence-corrected chi connectivity index (χ1v) is 14.7. The topological polar surface area (TPSA) is 114 Å². The van der Waals surface area contributed by atoms with E-state index in [0.717, 1.165) is 35.3 Å². The number of benzene rings is 2. The van der Waals surface area contributed by atoms with Crippen LogP contribution in [0.15, 0.2) is 48.5 Å². The average Bonchev–Trinajstić information content (AvgIpc) is 3.02. The molecule has 2 fully saturated rings. The molecule has 0 aromatic heterocycles. The Bertz CT molecular complexity index is 888. The fourth-order valence-electron chi connectivity index (χ4n) is 4.80. The van der Waals surface area contributed by atoms with Crippen molar-refractivity contribution in [1.29, 1.82) is 0 Å². The highest BCUT2D eigenvalue weighted by Gasteiger charge is 2.33. The Morgan fingerprint density at radius 3 is 1.63 bits per heavy atom. The van der Waals surface area contributed by atoms with Crippen LogP contribution in [0.4, 0.5) is 0 Å². The second kappa shape index (κ2) is 18.6. The highest BCUT2D eigenvalue weighted by molar-refractivity contribution is 5.26. The van der Waals surface area contributed by atoms with E-state index in [0.29, 0.717) is 85.6 Å². The molecule has 228 valence electrons. The number of nitrogens with two attached hydrogens (primary N) is 1. The maximum absolute atomic E-state index is 9.48. The number of aliphatic hydroxyl groups excluding tert-OH is 1. The molecule has 3 atom stereocenters. The molecular formula is C31H46N2O8. The van der Waals surface area contributed by atoms with Crippen molar-refractivity contribution in [3.05, 3.63) is 70.8 Å². The molecule has 0 aliphatic carbocycles. The minimum atomic E-state index is -0.505. The molecule has 2 aliphatic heterocycles. The molecule has 0 saturated carbocycles. The molecule has 0 spiro atoms. The molecule has 2 saturated heterocycles. The van der Waals surface area contributed by atoms with Gasteiger partial charge in [0.1, 0.15) is 0 Å². The van der Waals surface area contributed by atoms with Crippen LogP contribution in [-0.4, -0.2) is 102 Å². The Morgan fingerprint density at radius 2 is 1.12 bits per heavy atom.